The van der Waals surface area contributed by atoms with E-state index in [4.69, 9.17) is 0 Å². The van der Waals surface area contributed by atoms with E-state index in [2.05, 4.69) is 44.7 Å². The van der Waals surface area contributed by atoms with Crippen molar-refractivity contribution < 1.29 is 5.11 Å². The van der Waals surface area contributed by atoms with Crippen molar-refractivity contribution in [2.75, 3.05) is 13.1 Å². The lowest BCUT2D eigenvalue weighted by atomic mass is 9.74. The number of benzene rings is 1. The van der Waals surface area contributed by atoms with Crippen LogP contribution in [0.5, 0.6) is 0 Å². The van der Waals surface area contributed by atoms with E-state index in [1.165, 1.54) is 0 Å². The number of hydrogen-bond acceptors (Lipinski definition) is 2. The summed E-state index contributed by atoms with van der Waals surface area (Å²) in [6.07, 6.45) is 0.824. The van der Waals surface area contributed by atoms with E-state index >= 15 is 0 Å². The Morgan fingerprint density at radius 3 is 2.40 bits per heavy atom. The SMILES string of the molecule is CC(C)CN1C[C@@H](C)[C@](O)(c2ccccc2)C[C@@H]1C.Cl. The zero-order chi connectivity index (χ0) is 14.0. The summed E-state index contributed by atoms with van der Waals surface area (Å²) in [5, 5.41) is 11.1. The highest BCUT2D eigenvalue weighted by Gasteiger charge is 2.43. The lowest BCUT2D eigenvalue weighted by Gasteiger charge is -2.47. The first-order valence-electron chi connectivity index (χ1n) is 7.45. The van der Waals surface area contributed by atoms with Gasteiger partial charge in [0.05, 0.1) is 5.60 Å². The van der Waals surface area contributed by atoms with Gasteiger partial charge in [-0.1, -0.05) is 51.1 Å². The molecule has 1 aromatic carbocycles. The Hall–Kier alpha value is -0.570. The normalized spacial score (nSPS) is 31.1. The largest absolute Gasteiger partial charge is 0.385 e. The molecule has 0 radical (unpaired) electrons. The van der Waals surface area contributed by atoms with Crippen molar-refractivity contribution in [2.45, 2.75) is 45.8 Å². The van der Waals surface area contributed by atoms with Crippen molar-refractivity contribution in [3.63, 3.8) is 0 Å². The Balaban J connectivity index is 0.00000200. The van der Waals surface area contributed by atoms with Crippen molar-refractivity contribution in [1.82, 2.24) is 4.90 Å². The van der Waals surface area contributed by atoms with Gasteiger partial charge in [-0.3, -0.25) is 4.90 Å². The molecule has 2 rings (SSSR count). The van der Waals surface area contributed by atoms with Gasteiger partial charge in [0.25, 0.3) is 0 Å². The minimum absolute atomic E-state index is 0. The predicted molar refractivity (Wildman–Crippen MR) is 87.2 cm³/mol. The second-order valence-corrected chi connectivity index (χ2v) is 6.59. The van der Waals surface area contributed by atoms with Crippen molar-refractivity contribution in [3.8, 4) is 0 Å². The molecule has 0 saturated carbocycles. The zero-order valence-electron chi connectivity index (χ0n) is 13.0. The van der Waals surface area contributed by atoms with Crippen LogP contribution >= 0.6 is 12.4 Å². The lowest BCUT2D eigenvalue weighted by Crippen LogP contribution is -2.53. The van der Waals surface area contributed by atoms with Gasteiger partial charge in [0.1, 0.15) is 0 Å². The molecule has 114 valence electrons. The predicted octanol–water partition coefficient (Wildman–Crippen LogP) is 3.68. The molecule has 1 saturated heterocycles. The van der Waals surface area contributed by atoms with Crippen molar-refractivity contribution >= 4 is 12.4 Å². The van der Waals surface area contributed by atoms with Crippen molar-refractivity contribution in [1.29, 1.82) is 0 Å². The van der Waals surface area contributed by atoms with Crippen LogP contribution in [0.1, 0.15) is 39.7 Å². The maximum absolute atomic E-state index is 11.1. The van der Waals surface area contributed by atoms with E-state index in [1.807, 2.05) is 18.2 Å². The molecule has 0 aromatic heterocycles. The molecule has 0 spiro atoms. The first kappa shape index (κ1) is 17.5. The highest BCUT2D eigenvalue weighted by molar-refractivity contribution is 5.85. The van der Waals surface area contributed by atoms with E-state index in [-0.39, 0.29) is 18.3 Å². The summed E-state index contributed by atoms with van der Waals surface area (Å²) >= 11 is 0. The molecule has 0 unspecified atom stereocenters. The van der Waals surface area contributed by atoms with Crippen LogP contribution in [-0.2, 0) is 5.60 Å². The average molecular weight is 298 g/mol. The van der Waals surface area contributed by atoms with Gasteiger partial charge in [-0.2, -0.15) is 0 Å². The van der Waals surface area contributed by atoms with Gasteiger partial charge >= 0.3 is 0 Å². The van der Waals surface area contributed by atoms with E-state index in [1.54, 1.807) is 0 Å². The highest BCUT2D eigenvalue weighted by atomic mass is 35.5. The van der Waals surface area contributed by atoms with Crippen molar-refractivity contribution in [2.24, 2.45) is 11.8 Å². The molecule has 20 heavy (non-hydrogen) atoms. The number of likely N-dealkylation sites (tertiary alicyclic amines) is 1. The third-order valence-corrected chi connectivity index (χ3v) is 4.43. The Bertz CT molecular complexity index is 409. The Morgan fingerprint density at radius 2 is 1.85 bits per heavy atom. The summed E-state index contributed by atoms with van der Waals surface area (Å²) in [5.74, 6) is 0.947. The van der Waals surface area contributed by atoms with Crippen LogP contribution in [0.15, 0.2) is 30.3 Å². The van der Waals surface area contributed by atoms with Crippen LogP contribution in [0.2, 0.25) is 0 Å². The molecule has 1 heterocycles. The molecule has 1 fully saturated rings. The molecule has 1 aromatic rings. The summed E-state index contributed by atoms with van der Waals surface area (Å²) in [6.45, 7) is 11.0. The maximum atomic E-state index is 11.1. The number of hydrogen-bond donors (Lipinski definition) is 1. The second kappa shape index (κ2) is 6.93. The molecule has 0 amide bonds. The smallest absolute Gasteiger partial charge is 0.0948 e. The Kier molecular flexibility index (Phi) is 6.06. The van der Waals surface area contributed by atoms with Gasteiger partial charge in [-0.25, -0.2) is 0 Å². The fourth-order valence-electron chi connectivity index (χ4n) is 3.32. The monoisotopic (exact) mass is 297 g/mol. The molecule has 0 bridgehead atoms. The van der Waals surface area contributed by atoms with Gasteiger partial charge in [0.2, 0.25) is 0 Å². The number of nitrogens with zero attached hydrogens (tertiary/aromatic N) is 1. The zero-order valence-corrected chi connectivity index (χ0v) is 13.9. The topological polar surface area (TPSA) is 23.5 Å². The van der Waals surface area contributed by atoms with Gasteiger partial charge in [-0.05, 0) is 24.8 Å². The van der Waals surface area contributed by atoms with E-state index in [0.29, 0.717) is 12.0 Å². The van der Waals surface area contributed by atoms with Gasteiger partial charge in [0.15, 0.2) is 0 Å². The second-order valence-electron chi connectivity index (χ2n) is 6.59. The number of rotatable bonds is 3. The van der Waals surface area contributed by atoms with Crippen LogP contribution in [0, 0.1) is 11.8 Å². The molecule has 0 aliphatic carbocycles. The number of aliphatic hydroxyl groups is 1. The average Bonchev–Trinajstić information content (AvgIpc) is 2.36. The van der Waals surface area contributed by atoms with Gasteiger partial charge in [-0.15, -0.1) is 12.4 Å². The van der Waals surface area contributed by atoms with Crippen LogP contribution in [0.4, 0.5) is 0 Å². The molecule has 1 aliphatic rings. The Labute approximate surface area is 129 Å². The van der Waals surface area contributed by atoms with E-state index in [9.17, 15) is 5.11 Å². The highest BCUT2D eigenvalue weighted by Crippen LogP contribution is 2.39. The molecule has 3 atom stereocenters. The quantitative estimate of drug-likeness (QED) is 0.920. The first-order valence-corrected chi connectivity index (χ1v) is 7.45. The lowest BCUT2D eigenvalue weighted by molar-refractivity contribution is -0.0925. The van der Waals surface area contributed by atoms with Crippen LogP contribution in [0.25, 0.3) is 0 Å². The Morgan fingerprint density at radius 1 is 1.25 bits per heavy atom. The van der Waals surface area contributed by atoms with E-state index in [0.717, 1.165) is 25.1 Å². The van der Waals surface area contributed by atoms with Crippen LogP contribution in [-0.4, -0.2) is 29.1 Å². The summed E-state index contributed by atoms with van der Waals surface area (Å²) < 4.78 is 0. The maximum Gasteiger partial charge on any atom is 0.0948 e. The number of halogens is 1. The summed E-state index contributed by atoms with van der Waals surface area (Å²) in [4.78, 5) is 2.52. The van der Waals surface area contributed by atoms with E-state index < -0.39 is 5.60 Å². The van der Waals surface area contributed by atoms with Gasteiger partial charge < -0.3 is 5.11 Å². The standard InChI is InChI=1S/C17H27NO.ClH/c1-13(2)11-18-12-14(3)17(19,10-15(18)4)16-8-6-5-7-9-16;/h5-9,13-15,19H,10-12H2,1-4H3;1H/t14-,15+,17+;/m1./s1. The third-order valence-electron chi connectivity index (χ3n) is 4.43. The molecule has 1 N–H and O–H groups in total. The van der Waals surface area contributed by atoms with Crippen LogP contribution < -0.4 is 0 Å². The summed E-state index contributed by atoms with van der Waals surface area (Å²) in [5.41, 5.74) is 0.396. The molecule has 1 aliphatic heterocycles. The first-order chi connectivity index (χ1) is 8.93. The molecule has 2 nitrogen and oxygen atoms in total. The molecular weight excluding hydrogens is 270 g/mol. The summed E-state index contributed by atoms with van der Waals surface area (Å²) in [7, 11) is 0. The minimum atomic E-state index is -0.672. The van der Waals surface area contributed by atoms with Gasteiger partial charge in [0, 0.05) is 25.0 Å². The molecular formula is C17H28ClNO. The summed E-state index contributed by atoms with van der Waals surface area (Å²) in [6, 6.07) is 10.6. The number of piperidine rings is 1. The third kappa shape index (κ3) is 3.55. The fourth-order valence-corrected chi connectivity index (χ4v) is 3.32. The van der Waals surface area contributed by atoms with Crippen molar-refractivity contribution in [3.05, 3.63) is 35.9 Å². The minimum Gasteiger partial charge on any atom is -0.385 e. The van der Waals surface area contributed by atoms with Crippen LogP contribution in [0.3, 0.4) is 0 Å². The fraction of sp³-hybridized carbons (Fsp3) is 0.647. The molecule has 3 heteroatoms.